The molecule has 0 saturated heterocycles. The third-order valence-corrected chi connectivity index (χ3v) is 3.95. The zero-order valence-electron chi connectivity index (χ0n) is 13.3. The van der Waals surface area contributed by atoms with Gasteiger partial charge in [0.25, 0.3) is 0 Å². The fraction of sp³-hybridized carbons (Fsp3) is 0.0556. The molecule has 1 aliphatic rings. The second-order valence-electron chi connectivity index (χ2n) is 5.51. The van der Waals surface area contributed by atoms with E-state index in [0.717, 1.165) is 0 Å². The van der Waals surface area contributed by atoms with Gasteiger partial charge in [0.05, 0.1) is 5.69 Å². The van der Waals surface area contributed by atoms with Crippen molar-refractivity contribution in [3.63, 3.8) is 0 Å². The number of anilines is 1. The summed E-state index contributed by atoms with van der Waals surface area (Å²) >= 11 is 0. The summed E-state index contributed by atoms with van der Waals surface area (Å²) in [6.07, 6.45) is 0. The number of halogens is 1. The van der Waals surface area contributed by atoms with Gasteiger partial charge in [0, 0.05) is 5.56 Å². The van der Waals surface area contributed by atoms with Crippen LogP contribution in [0.2, 0.25) is 0 Å². The van der Waals surface area contributed by atoms with Crippen LogP contribution in [0.15, 0.2) is 42.5 Å². The second-order valence-corrected chi connectivity index (χ2v) is 5.51. The summed E-state index contributed by atoms with van der Waals surface area (Å²) in [4.78, 5) is 12.8. The molecule has 0 fully saturated rings. The van der Waals surface area contributed by atoms with Crippen molar-refractivity contribution in [1.29, 1.82) is 5.26 Å². The van der Waals surface area contributed by atoms with Gasteiger partial charge in [-0.25, -0.2) is 9.07 Å². The molecular formula is C18H11FN4O3. The highest BCUT2D eigenvalue weighted by atomic mass is 19.1. The summed E-state index contributed by atoms with van der Waals surface area (Å²) in [5, 5.41) is 13.6. The molecule has 0 aliphatic carbocycles. The Kier molecular flexibility index (Phi) is 3.55. The Morgan fingerprint density at radius 2 is 1.92 bits per heavy atom. The number of nitrogens with zero attached hydrogens (tertiary/aromatic N) is 3. The van der Waals surface area contributed by atoms with Crippen LogP contribution in [-0.2, 0) is 0 Å². The van der Waals surface area contributed by atoms with Crippen molar-refractivity contribution in [2.24, 2.45) is 0 Å². The Morgan fingerprint density at radius 1 is 1.19 bits per heavy atom. The van der Waals surface area contributed by atoms with Gasteiger partial charge in [-0.2, -0.15) is 10.4 Å². The van der Waals surface area contributed by atoms with E-state index in [1.54, 1.807) is 12.1 Å². The molecular weight excluding hydrogens is 339 g/mol. The van der Waals surface area contributed by atoms with Crippen LogP contribution in [-0.4, -0.2) is 22.4 Å². The number of nitrogen functional groups attached to an aromatic ring is 1. The molecule has 26 heavy (non-hydrogen) atoms. The molecule has 2 heterocycles. The molecule has 2 N–H and O–H groups in total. The molecule has 0 unspecified atom stereocenters. The lowest BCUT2D eigenvalue weighted by Crippen LogP contribution is -2.05. The lowest BCUT2D eigenvalue weighted by atomic mass is 10.0. The average molecular weight is 350 g/mol. The summed E-state index contributed by atoms with van der Waals surface area (Å²) in [5.74, 6) is 0.0889. The van der Waals surface area contributed by atoms with Crippen LogP contribution in [0.25, 0.3) is 5.69 Å². The van der Waals surface area contributed by atoms with Gasteiger partial charge in [0.2, 0.25) is 12.6 Å². The number of carbonyl (C=O) groups excluding carboxylic acids is 1. The van der Waals surface area contributed by atoms with Crippen molar-refractivity contribution in [3.05, 3.63) is 65.1 Å². The summed E-state index contributed by atoms with van der Waals surface area (Å²) < 4.78 is 24.8. The van der Waals surface area contributed by atoms with E-state index in [0.29, 0.717) is 17.2 Å². The van der Waals surface area contributed by atoms with Crippen molar-refractivity contribution in [2.75, 3.05) is 12.5 Å². The predicted molar refractivity (Wildman–Crippen MR) is 88.6 cm³/mol. The van der Waals surface area contributed by atoms with E-state index < -0.39 is 11.6 Å². The van der Waals surface area contributed by atoms with Gasteiger partial charge in [0.15, 0.2) is 17.2 Å². The number of rotatable bonds is 3. The van der Waals surface area contributed by atoms with E-state index in [1.165, 1.54) is 35.0 Å². The van der Waals surface area contributed by atoms with Crippen molar-refractivity contribution in [2.45, 2.75) is 0 Å². The van der Waals surface area contributed by atoms with E-state index in [4.69, 9.17) is 15.2 Å². The Labute approximate surface area is 147 Å². The normalized spacial score (nSPS) is 12.0. The fourth-order valence-electron chi connectivity index (χ4n) is 2.65. The number of benzene rings is 2. The molecule has 4 rings (SSSR count). The van der Waals surface area contributed by atoms with Crippen molar-refractivity contribution < 1.29 is 18.7 Å². The quantitative estimate of drug-likeness (QED) is 0.728. The molecule has 8 heteroatoms. The Balaban J connectivity index is 1.79. The highest BCUT2D eigenvalue weighted by Gasteiger charge is 2.25. The summed E-state index contributed by atoms with van der Waals surface area (Å²) in [7, 11) is 0. The number of nitrogens with two attached hydrogens (primary N) is 1. The number of nitriles is 1. The molecule has 0 atom stereocenters. The Hall–Kier alpha value is -3.86. The van der Waals surface area contributed by atoms with E-state index in [1.807, 2.05) is 6.07 Å². The first-order valence-electron chi connectivity index (χ1n) is 7.57. The van der Waals surface area contributed by atoms with Crippen molar-refractivity contribution in [1.82, 2.24) is 9.78 Å². The second kappa shape index (κ2) is 5.89. The van der Waals surface area contributed by atoms with E-state index >= 15 is 0 Å². The first-order chi connectivity index (χ1) is 12.6. The SMILES string of the molecule is N#Cc1c(C(=O)c2ccc3c(c2)OCO3)nn(-c2ccc(F)cc2)c1N. The monoisotopic (exact) mass is 350 g/mol. The first kappa shape index (κ1) is 15.7. The van der Waals surface area contributed by atoms with Gasteiger partial charge in [0.1, 0.15) is 23.3 Å². The van der Waals surface area contributed by atoms with Gasteiger partial charge in [-0.1, -0.05) is 0 Å². The molecule has 2 aromatic carbocycles. The number of fused-ring (bicyclic) bond motifs is 1. The standard InChI is InChI=1S/C18H11FN4O3/c19-11-2-4-12(5-3-11)23-18(21)13(8-20)16(22-23)17(24)10-1-6-14-15(7-10)26-9-25-14/h1-7H,9,21H2. The molecule has 1 aromatic heterocycles. The summed E-state index contributed by atoms with van der Waals surface area (Å²) in [5.41, 5.74) is 6.57. The molecule has 128 valence electrons. The molecule has 1 aliphatic heterocycles. The van der Waals surface area contributed by atoms with Crippen LogP contribution in [0.1, 0.15) is 21.6 Å². The minimum Gasteiger partial charge on any atom is -0.454 e. The third kappa shape index (κ3) is 2.43. The molecule has 0 amide bonds. The summed E-state index contributed by atoms with van der Waals surface area (Å²) in [6.45, 7) is 0.0859. The maximum Gasteiger partial charge on any atom is 0.231 e. The molecule has 0 saturated carbocycles. The van der Waals surface area contributed by atoms with E-state index in [9.17, 15) is 14.4 Å². The zero-order valence-corrected chi connectivity index (χ0v) is 13.3. The van der Waals surface area contributed by atoms with Crippen LogP contribution in [0.3, 0.4) is 0 Å². The van der Waals surface area contributed by atoms with E-state index in [-0.39, 0.29) is 29.4 Å². The number of hydrogen-bond acceptors (Lipinski definition) is 6. The average Bonchev–Trinajstić information content (AvgIpc) is 3.25. The molecule has 0 bridgehead atoms. The van der Waals surface area contributed by atoms with Gasteiger partial charge in [-0.05, 0) is 42.5 Å². The largest absolute Gasteiger partial charge is 0.454 e. The number of carbonyl (C=O) groups is 1. The van der Waals surface area contributed by atoms with Gasteiger partial charge in [-0.3, -0.25) is 4.79 Å². The lowest BCUT2D eigenvalue weighted by molar-refractivity contribution is 0.103. The molecule has 7 nitrogen and oxygen atoms in total. The molecule has 0 spiro atoms. The van der Waals surface area contributed by atoms with Crippen LogP contribution < -0.4 is 15.2 Å². The predicted octanol–water partition coefficient (Wildman–Crippen LogP) is 2.42. The van der Waals surface area contributed by atoms with Crippen LogP contribution in [0.4, 0.5) is 10.2 Å². The number of ketones is 1. The minimum absolute atomic E-state index is 0.00296. The van der Waals surface area contributed by atoms with Crippen LogP contribution in [0, 0.1) is 17.1 Å². The number of ether oxygens (including phenoxy) is 2. The smallest absolute Gasteiger partial charge is 0.231 e. The lowest BCUT2D eigenvalue weighted by Gasteiger charge is -2.03. The number of hydrogen-bond donors (Lipinski definition) is 1. The first-order valence-corrected chi connectivity index (χ1v) is 7.57. The topological polar surface area (TPSA) is 103 Å². The minimum atomic E-state index is -0.479. The van der Waals surface area contributed by atoms with Gasteiger partial charge >= 0.3 is 0 Å². The molecule has 0 radical (unpaired) electrons. The van der Waals surface area contributed by atoms with Crippen LogP contribution in [0.5, 0.6) is 11.5 Å². The van der Waals surface area contributed by atoms with Gasteiger partial charge in [-0.15, -0.1) is 0 Å². The highest BCUT2D eigenvalue weighted by molar-refractivity contribution is 6.10. The maximum atomic E-state index is 13.1. The Bertz CT molecular complexity index is 1070. The molecule has 3 aromatic rings. The maximum absolute atomic E-state index is 13.1. The Morgan fingerprint density at radius 3 is 2.65 bits per heavy atom. The van der Waals surface area contributed by atoms with Crippen molar-refractivity contribution >= 4 is 11.6 Å². The van der Waals surface area contributed by atoms with Crippen LogP contribution >= 0.6 is 0 Å². The number of aromatic nitrogens is 2. The van der Waals surface area contributed by atoms with Gasteiger partial charge < -0.3 is 15.2 Å². The fourth-order valence-corrected chi connectivity index (χ4v) is 2.65. The highest BCUT2D eigenvalue weighted by Crippen LogP contribution is 2.33. The van der Waals surface area contributed by atoms with Crippen molar-refractivity contribution in [3.8, 4) is 23.3 Å². The zero-order chi connectivity index (χ0) is 18.3. The third-order valence-electron chi connectivity index (χ3n) is 3.95. The summed E-state index contributed by atoms with van der Waals surface area (Å²) in [6, 6.07) is 12.0. The van der Waals surface area contributed by atoms with E-state index in [2.05, 4.69) is 5.10 Å².